The van der Waals surface area contributed by atoms with E-state index < -0.39 is 0 Å². The third-order valence-electron chi connectivity index (χ3n) is 4.89. The van der Waals surface area contributed by atoms with Crippen molar-refractivity contribution in [2.75, 3.05) is 28.6 Å². The molecule has 2 aromatic carbocycles. The van der Waals surface area contributed by atoms with E-state index >= 15 is 0 Å². The Kier molecular flexibility index (Phi) is 5.35. The highest BCUT2D eigenvalue weighted by Gasteiger charge is 2.12. The van der Waals surface area contributed by atoms with E-state index in [1.165, 1.54) is 18.5 Å². The van der Waals surface area contributed by atoms with Gasteiger partial charge in [0.1, 0.15) is 5.82 Å². The van der Waals surface area contributed by atoms with Gasteiger partial charge < -0.3 is 15.5 Å². The van der Waals surface area contributed by atoms with Gasteiger partial charge in [0.2, 0.25) is 5.95 Å². The number of aromatic nitrogens is 2. The lowest BCUT2D eigenvalue weighted by Crippen LogP contribution is -2.17. The van der Waals surface area contributed by atoms with Gasteiger partial charge in [-0.25, -0.2) is 4.98 Å². The Bertz CT molecular complexity index is 965. The first-order valence-corrected chi connectivity index (χ1v) is 9.95. The molecule has 1 aromatic heterocycles. The topological polar surface area (TPSA) is 53.1 Å². The SMILES string of the molecule is Cc1cc(Nc2ccc(C)c(Cl)c2)nc(Nc2ccc(N3CCCC3)cc2)n1. The molecule has 0 bridgehead atoms. The lowest BCUT2D eigenvalue weighted by Gasteiger charge is -2.18. The molecule has 0 atom stereocenters. The van der Waals surface area contributed by atoms with Gasteiger partial charge in [0.25, 0.3) is 0 Å². The fourth-order valence-corrected chi connectivity index (χ4v) is 3.55. The van der Waals surface area contributed by atoms with Crippen LogP contribution < -0.4 is 15.5 Å². The molecule has 1 fully saturated rings. The van der Waals surface area contributed by atoms with Gasteiger partial charge in [-0.2, -0.15) is 4.98 Å². The number of nitrogens with zero attached hydrogens (tertiary/aromatic N) is 3. The highest BCUT2D eigenvalue weighted by atomic mass is 35.5. The van der Waals surface area contributed by atoms with Crippen molar-refractivity contribution in [3.63, 3.8) is 0 Å². The zero-order valence-electron chi connectivity index (χ0n) is 16.2. The molecule has 144 valence electrons. The molecular formula is C22H24ClN5. The Balaban J connectivity index is 1.49. The molecule has 6 heteroatoms. The Hall–Kier alpha value is -2.79. The second-order valence-corrected chi connectivity index (χ2v) is 7.58. The first kappa shape index (κ1) is 18.6. The Morgan fingerprint density at radius 1 is 0.857 bits per heavy atom. The number of halogens is 1. The van der Waals surface area contributed by atoms with Crippen molar-refractivity contribution in [1.82, 2.24) is 9.97 Å². The Morgan fingerprint density at radius 3 is 2.29 bits per heavy atom. The lowest BCUT2D eigenvalue weighted by atomic mass is 10.2. The summed E-state index contributed by atoms with van der Waals surface area (Å²) in [5.41, 5.74) is 5.07. The highest BCUT2D eigenvalue weighted by molar-refractivity contribution is 6.31. The summed E-state index contributed by atoms with van der Waals surface area (Å²) >= 11 is 6.22. The molecule has 0 aliphatic carbocycles. The summed E-state index contributed by atoms with van der Waals surface area (Å²) in [6, 6.07) is 16.2. The lowest BCUT2D eigenvalue weighted by molar-refractivity contribution is 0.949. The van der Waals surface area contributed by atoms with Crippen molar-refractivity contribution in [3.05, 3.63) is 64.8 Å². The summed E-state index contributed by atoms with van der Waals surface area (Å²) in [7, 11) is 0. The molecule has 2 heterocycles. The molecule has 3 aromatic rings. The molecule has 1 aliphatic rings. The van der Waals surface area contributed by atoms with Crippen LogP contribution in [0.25, 0.3) is 0 Å². The van der Waals surface area contributed by atoms with Gasteiger partial charge in [0.15, 0.2) is 0 Å². The van der Waals surface area contributed by atoms with Crippen LogP contribution in [0.2, 0.25) is 5.02 Å². The molecule has 1 aliphatic heterocycles. The van der Waals surface area contributed by atoms with E-state index in [4.69, 9.17) is 11.6 Å². The molecule has 0 radical (unpaired) electrons. The number of benzene rings is 2. The molecule has 4 rings (SSSR count). The third kappa shape index (κ3) is 4.37. The van der Waals surface area contributed by atoms with Crippen molar-refractivity contribution in [2.24, 2.45) is 0 Å². The van der Waals surface area contributed by atoms with Gasteiger partial charge in [-0.05, 0) is 68.7 Å². The van der Waals surface area contributed by atoms with Crippen LogP contribution in [-0.4, -0.2) is 23.1 Å². The Labute approximate surface area is 170 Å². The predicted molar refractivity (Wildman–Crippen MR) is 117 cm³/mol. The van der Waals surface area contributed by atoms with Crippen molar-refractivity contribution in [3.8, 4) is 0 Å². The fourth-order valence-electron chi connectivity index (χ4n) is 3.37. The van der Waals surface area contributed by atoms with Gasteiger partial charge in [-0.15, -0.1) is 0 Å². The minimum absolute atomic E-state index is 0.564. The maximum absolute atomic E-state index is 6.22. The van der Waals surface area contributed by atoms with E-state index in [9.17, 15) is 0 Å². The van der Waals surface area contributed by atoms with Gasteiger partial charge in [-0.1, -0.05) is 17.7 Å². The van der Waals surface area contributed by atoms with E-state index in [1.54, 1.807) is 0 Å². The summed E-state index contributed by atoms with van der Waals surface area (Å²) in [5.74, 6) is 1.29. The van der Waals surface area contributed by atoms with Crippen LogP contribution in [0.5, 0.6) is 0 Å². The largest absolute Gasteiger partial charge is 0.372 e. The zero-order chi connectivity index (χ0) is 19.5. The minimum Gasteiger partial charge on any atom is -0.372 e. The van der Waals surface area contributed by atoms with Crippen molar-refractivity contribution in [2.45, 2.75) is 26.7 Å². The first-order chi connectivity index (χ1) is 13.6. The number of nitrogens with one attached hydrogen (secondary N) is 2. The smallest absolute Gasteiger partial charge is 0.229 e. The summed E-state index contributed by atoms with van der Waals surface area (Å²) in [4.78, 5) is 11.5. The summed E-state index contributed by atoms with van der Waals surface area (Å²) in [6.45, 7) is 6.23. The predicted octanol–water partition coefficient (Wildman–Crippen LogP) is 5.83. The maximum atomic E-state index is 6.22. The van der Waals surface area contributed by atoms with Gasteiger partial charge in [0.05, 0.1) is 0 Å². The normalized spacial score (nSPS) is 13.6. The van der Waals surface area contributed by atoms with Crippen molar-refractivity contribution < 1.29 is 0 Å². The number of anilines is 5. The summed E-state index contributed by atoms with van der Waals surface area (Å²) in [5, 5.41) is 7.33. The van der Waals surface area contributed by atoms with Crippen LogP contribution in [0.3, 0.4) is 0 Å². The van der Waals surface area contributed by atoms with Crippen molar-refractivity contribution in [1.29, 1.82) is 0 Å². The average molecular weight is 394 g/mol. The highest BCUT2D eigenvalue weighted by Crippen LogP contribution is 2.25. The van der Waals surface area contributed by atoms with Crippen LogP contribution in [-0.2, 0) is 0 Å². The van der Waals surface area contributed by atoms with E-state index in [2.05, 4.69) is 49.8 Å². The van der Waals surface area contributed by atoms with Crippen molar-refractivity contribution >= 4 is 40.4 Å². The third-order valence-corrected chi connectivity index (χ3v) is 5.30. The van der Waals surface area contributed by atoms with Crippen LogP contribution in [0.4, 0.5) is 28.8 Å². The van der Waals surface area contributed by atoms with Gasteiger partial charge in [0, 0.05) is 46.9 Å². The van der Waals surface area contributed by atoms with E-state index in [0.717, 1.165) is 46.6 Å². The molecule has 2 N–H and O–H groups in total. The fraction of sp³-hybridized carbons (Fsp3) is 0.273. The number of hydrogen-bond donors (Lipinski definition) is 2. The molecule has 0 amide bonds. The standard InChI is InChI=1S/C22H24ClN5/c1-15-5-6-18(14-20(15)23)25-21-13-16(2)24-22(27-21)26-17-7-9-19(10-8-17)28-11-3-4-12-28/h5-10,13-14H,3-4,11-12H2,1-2H3,(H2,24,25,26,27). The number of aryl methyl sites for hydroxylation is 2. The second-order valence-electron chi connectivity index (χ2n) is 7.17. The summed E-state index contributed by atoms with van der Waals surface area (Å²) < 4.78 is 0. The van der Waals surface area contributed by atoms with E-state index in [0.29, 0.717) is 5.95 Å². The average Bonchev–Trinajstić information content (AvgIpc) is 3.20. The second kappa shape index (κ2) is 8.07. The zero-order valence-corrected chi connectivity index (χ0v) is 16.9. The van der Waals surface area contributed by atoms with Crippen LogP contribution >= 0.6 is 11.6 Å². The molecule has 1 saturated heterocycles. The molecule has 5 nitrogen and oxygen atoms in total. The number of rotatable bonds is 5. The minimum atomic E-state index is 0.564. The maximum Gasteiger partial charge on any atom is 0.229 e. The molecule has 0 unspecified atom stereocenters. The first-order valence-electron chi connectivity index (χ1n) is 9.58. The Morgan fingerprint density at radius 2 is 1.57 bits per heavy atom. The summed E-state index contributed by atoms with van der Waals surface area (Å²) in [6.07, 6.45) is 2.55. The van der Waals surface area contributed by atoms with Gasteiger partial charge in [-0.3, -0.25) is 0 Å². The van der Waals surface area contributed by atoms with E-state index in [1.807, 2.05) is 38.1 Å². The molecular weight excluding hydrogens is 370 g/mol. The molecule has 28 heavy (non-hydrogen) atoms. The van der Waals surface area contributed by atoms with E-state index in [-0.39, 0.29) is 0 Å². The van der Waals surface area contributed by atoms with Gasteiger partial charge >= 0.3 is 0 Å². The number of hydrogen-bond acceptors (Lipinski definition) is 5. The van der Waals surface area contributed by atoms with Crippen LogP contribution in [0, 0.1) is 13.8 Å². The molecule has 0 saturated carbocycles. The van der Waals surface area contributed by atoms with Crippen LogP contribution in [0.15, 0.2) is 48.5 Å². The molecule has 0 spiro atoms. The quantitative estimate of drug-likeness (QED) is 0.570. The van der Waals surface area contributed by atoms with Crippen LogP contribution in [0.1, 0.15) is 24.1 Å². The monoisotopic (exact) mass is 393 g/mol.